The van der Waals surface area contributed by atoms with Gasteiger partial charge in [-0.25, -0.2) is 0 Å². The number of halogens is 1. The van der Waals surface area contributed by atoms with E-state index in [2.05, 4.69) is 31.2 Å². The predicted octanol–water partition coefficient (Wildman–Crippen LogP) is 2.39. The second kappa shape index (κ2) is 6.04. The van der Waals surface area contributed by atoms with Gasteiger partial charge in [0.25, 0.3) is 0 Å². The minimum atomic E-state index is 0. The van der Waals surface area contributed by atoms with Crippen molar-refractivity contribution < 1.29 is 0 Å². The molecule has 1 aromatic carbocycles. The Morgan fingerprint density at radius 2 is 1.83 bits per heavy atom. The molecular formula is C10H16ClN. The first-order valence-electron chi connectivity index (χ1n) is 4.12. The van der Waals surface area contributed by atoms with E-state index in [9.17, 15) is 0 Å². The zero-order chi connectivity index (χ0) is 8.10. The predicted molar refractivity (Wildman–Crippen MR) is 55.7 cm³/mol. The molecule has 0 fully saturated rings. The van der Waals surface area contributed by atoms with Gasteiger partial charge in [-0.1, -0.05) is 37.3 Å². The summed E-state index contributed by atoms with van der Waals surface area (Å²) in [4.78, 5) is 0. The van der Waals surface area contributed by atoms with E-state index in [1.165, 1.54) is 5.56 Å². The Morgan fingerprint density at radius 3 is 2.33 bits per heavy atom. The highest BCUT2D eigenvalue weighted by Crippen LogP contribution is 2.02. The summed E-state index contributed by atoms with van der Waals surface area (Å²) in [6.07, 6.45) is 2.05. The molecule has 0 aliphatic carbocycles. The Hall–Kier alpha value is -0.530. The van der Waals surface area contributed by atoms with E-state index in [1.54, 1.807) is 0 Å². The minimum Gasteiger partial charge on any atom is -0.327 e. The van der Waals surface area contributed by atoms with Crippen molar-refractivity contribution in [2.75, 3.05) is 0 Å². The van der Waals surface area contributed by atoms with Gasteiger partial charge < -0.3 is 5.73 Å². The third-order valence-electron chi connectivity index (χ3n) is 1.87. The van der Waals surface area contributed by atoms with Crippen LogP contribution in [0.1, 0.15) is 18.9 Å². The summed E-state index contributed by atoms with van der Waals surface area (Å²) in [5.74, 6) is 0. The first-order valence-corrected chi connectivity index (χ1v) is 4.12. The SMILES string of the molecule is CCC(N)Cc1ccccc1.Cl. The third-order valence-corrected chi connectivity index (χ3v) is 1.87. The summed E-state index contributed by atoms with van der Waals surface area (Å²) in [5.41, 5.74) is 7.14. The van der Waals surface area contributed by atoms with Gasteiger partial charge in [0.05, 0.1) is 0 Å². The lowest BCUT2D eigenvalue weighted by atomic mass is 10.1. The lowest BCUT2D eigenvalue weighted by Gasteiger charge is -2.07. The molecule has 1 atom stereocenters. The van der Waals surface area contributed by atoms with Crippen LogP contribution in [-0.4, -0.2) is 6.04 Å². The maximum atomic E-state index is 5.80. The number of benzene rings is 1. The summed E-state index contributed by atoms with van der Waals surface area (Å²) >= 11 is 0. The van der Waals surface area contributed by atoms with Crippen LogP contribution in [0.5, 0.6) is 0 Å². The molecule has 0 spiro atoms. The van der Waals surface area contributed by atoms with E-state index in [0.717, 1.165) is 12.8 Å². The van der Waals surface area contributed by atoms with E-state index >= 15 is 0 Å². The van der Waals surface area contributed by atoms with Crippen LogP contribution in [0.2, 0.25) is 0 Å². The van der Waals surface area contributed by atoms with Gasteiger partial charge in [-0.15, -0.1) is 12.4 Å². The Balaban J connectivity index is 0.00000121. The molecule has 0 heterocycles. The molecule has 0 aromatic heterocycles. The van der Waals surface area contributed by atoms with Crippen molar-refractivity contribution >= 4 is 12.4 Å². The third kappa shape index (κ3) is 3.74. The van der Waals surface area contributed by atoms with Crippen molar-refractivity contribution in [2.45, 2.75) is 25.8 Å². The average Bonchev–Trinajstić information content (AvgIpc) is 2.06. The van der Waals surface area contributed by atoms with Crippen LogP contribution in [0.15, 0.2) is 30.3 Å². The normalized spacial score (nSPS) is 11.8. The molecule has 0 aliphatic rings. The van der Waals surface area contributed by atoms with Gasteiger partial charge in [-0.2, -0.15) is 0 Å². The van der Waals surface area contributed by atoms with Crippen LogP contribution in [0.3, 0.4) is 0 Å². The molecule has 0 saturated carbocycles. The molecule has 0 amide bonds. The Bertz CT molecular complexity index is 198. The quantitative estimate of drug-likeness (QED) is 0.769. The van der Waals surface area contributed by atoms with Crippen LogP contribution in [0, 0.1) is 0 Å². The molecule has 0 bridgehead atoms. The molecular weight excluding hydrogens is 170 g/mol. The molecule has 1 rings (SSSR count). The van der Waals surface area contributed by atoms with Crippen LogP contribution in [0.4, 0.5) is 0 Å². The van der Waals surface area contributed by atoms with Crippen molar-refractivity contribution in [2.24, 2.45) is 5.73 Å². The van der Waals surface area contributed by atoms with E-state index < -0.39 is 0 Å². The van der Waals surface area contributed by atoms with E-state index in [-0.39, 0.29) is 12.4 Å². The molecule has 1 unspecified atom stereocenters. The molecule has 1 aromatic rings. The maximum Gasteiger partial charge on any atom is 0.00766 e. The van der Waals surface area contributed by atoms with Crippen LogP contribution < -0.4 is 5.73 Å². The highest BCUT2D eigenvalue weighted by molar-refractivity contribution is 5.85. The molecule has 0 saturated heterocycles. The van der Waals surface area contributed by atoms with Crippen molar-refractivity contribution in [3.63, 3.8) is 0 Å². The van der Waals surface area contributed by atoms with Gasteiger partial charge in [0.1, 0.15) is 0 Å². The largest absolute Gasteiger partial charge is 0.327 e. The lowest BCUT2D eigenvalue weighted by molar-refractivity contribution is 0.646. The Kier molecular flexibility index (Phi) is 5.77. The standard InChI is InChI=1S/C10H15N.ClH/c1-2-10(11)8-9-6-4-3-5-7-9;/h3-7,10H,2,8,11H2,1H3;1H. The van der Waals surface area contributed by atoms with Crippen molar-refractivity contribution in [1.82, 2.24) is 0 Å². The summed E-state index contributed by atoms with van der Waals surface area (Å²) in [5, 5.41) is 0. The maximum absolute atomic E-state index is 5.80. The highest BCUT2D eigenvalue weighted by Gasteiger charge is 1.98. The minimum absolute atomic E-state index is 0. The molecule has 2 N–H and O–H groups in total. The smallest absolute Gasteiger partial charge is 0.00766 e. The van der Waals surface area contributed by atoms with Gasteiger partial charge in [-0.3, -0.25) is 0 Å². The van der Waals surface area contributed by atoms with Crippen LogP contribution >= 0.6 is 12.4 Å². The molecule has 12 heavy (non-hydrogen) atoms. The first kappa shape index (κ1) is 11.5. The number of rotatable bonds is 3. The van der Waals surface area contributed by atoms with Gasteiger partial charge in [0.15, 0.2) is 0 Å². The van der Waals surface area contributed by atoms with Crippen LogP contribution in [0.25, 0.3) is 0 Å². The highest BCUT2D eigenvalue weighted by atomic mass is 35.5. The lowest BCUT2D eigenvalue weighted by Crippen LogP contribution is -2.21. The van der Waals surface area contributed by atoms with E-state index in [1.807, 2.05) is 6.07 Å². The monoisotopic (exact) mass is 185 g/mol. The average molecular weight is 186 g/mol. The second-order valence-electron chi connectivity index (χ2n) is 2.86. The number of hydrogen-bond acceptors (Lipinski definition) is 1. The van der Waals surface area contributed by atoms with Gasteiger partial charge in [0.2, 0.25) is 0 Å². The van der Waals surface area contributed by atoms with Gasteiger partial charge in [-0.05, 0) is 18.4 Å². The van der Waals surface area contributed by atoms with Gasteiger partial charge in [0, 0.05) is 6.04 Å². The fraction of sp³-hybridized carbons (Fsp3) is 0.400. The molecule has 68 valence electrons. The Morgan fingerprint density at radius 1 is 1.25 bits per heavy atom. The fourth-order valence-corrected chi connectivity index (χ4v) is 1.06. The molecule has 0 aliphatic heterocycles. The van der Waals surface area contributed by atoms with E-state index in [0.29, 0.717) is 6.04 Å². The second-order valence-corrected chi connectivity index (χ2v) is 2.86. The van der Waals surface area contributed by atoms with Crippen LogP contribution in [-0.2, 0) is 6.42 Å². The number of hydrogen-bond donors (Lipinski definition) is 1. The van der Waals surface area contributed by atoms with Crippen molar-refractivity contribution in [1.29, 1.82) is 0 Å². The van der Waals surface area contributed by atoms with Gasteiger partial charge >= 0.3 is 0 Å². The number of nitrogens with two attached hydrogens (primary N) is 1. The summed E-state index contributed by atoms with van der Waals surface area (Å²) in [7, 11) is 0. The molecule has 2 heteroatoms. The topological polar surface area (TPSA) is 26.0 Å². The summed E-state index contributed by atoms with van der Waals surface area (Å²) in [6.45, 7) is 2.12. The molecule has 0 radical (unpaired) electrons. The van der Waals surface area contributed by atoms with Crippen molar-refractivity contribution in [3.05, 3.63) is 35.9 Å². The van der Waals surface area contributed by atoms with E-state index in [4.69, 9.17) is 5.73 Å². The van der Waals surface area contributed by atoms with Crippen molar-refractivity contribution in [3.8, 4) is 0 Å². The Labute approximate surface area is 80.4 Å². The zero-order valence-corrected chi connectivity index (χ0v) is 8.18. The molecule has 1 nitrogen and oxygen atoms in total. The summed E-state index contributed by atoms with van der Waals surface area (Å²) < 4.78 is 0. The zero-order valence-electron chi connectivity index (χ0n) is 7.36. The summed E-state index contributed by atoms with van der Waals surface area (Å²) in [6, 6.07) is 10.7. The fourth-order valence-electron chi connectivity index (χ4n) is 1.06. The first-order chi connectivity index (χ1) is 5.33.